The molecule has 0 atom stereocenters. The third-order valence-electron chi connectivity index (χ3n) is 4.49. The van der Waals surface area contributed by atoms with Crippen molar-refractivity contribution in [3.8, 4) is 11.4 Å². The van der Waals surface area contributed by atoms with Crippen LogP contribution < -0.4 is 4.74 Å². The lowest BCUT2D eigenvalue weighted by Crippen LogP contribution is -2.03. The van der Waals surface area contributed by atoms with Crippen molar-refractivity contribution in [2.24, 2.45) is 4.99 Å². The summed E-state index contributed by atoms with van der Waals surface area (Å²) in [5.74, 6) is 0.817. The summed E-state index contributed by atoms with van der Waals surface area (Å²) in [5, 5.41) is 0. The molecule has 1 heterocycles. The first-order chi connectivity index (χ1) is 12.1. The average Bonchev–Trinajstić information content (AvgIpc) is 2.93. The van der Waals surface area contributed by atoms with E-state index >= 15 is 0 Å². The van der Waals surface area contributed by atoms with Gasteiger partial charge in [-0.2, -0.15) is 0 Å². The van der Waals surface area contributed by atoms with Crippen molar-refractivity contribution >= 4 is 11.9 Å². The number of benzene rings is 2. The van der Waals surface area contributed by atoms with Gasteiger partial charge in [-0.25, -0.2) is 0 Å². The zero-order valence-corrected chi connectivity index (χ0v) is 15.3. The molecule has 2 aromatic carbocycles. The van der Waals surface area contributed by atoms with Gasteiger partial charge < -0.3 is 9.30 Å². The third-order valence-corrected chi connectivity index (χ3v) is 4.49. The van der Waals surface area contributed by atoms with Crippen molar-refractivity contribution in [3.63, 3.8) is 0 Å². The van der Waals surface area contributed by atoms with Gasteiger partial charge in [-0.05, 0) is 50.1 Å². The smallest absolute Gasteiger partial charge is 0.121 e. The van der Waals surface area contributed by atoms with Crippen LogP contribution in [0, 0.1) is 13.8 Å². The highest BCUT2D eigenvalue weighted by Crippen LogP contribution is 2.24. The van der Waals surface area contributed by atoms with E-state index in [2.05, 4.69) is 60.7 Å². The van der Waals surface area contributed by atoms with Crippen molar-refractivity contribution in [3.05, 3.63) is 77.1 Å². The van der Waals surface area contributed by atoms with Gasteiger partial charge in [-0.1, -0.05) is 31.2 Å². The molecule has 0 saturated heterocycles. The topological polar surface area (TPSA) is 26.5 Å². The Hall–Kier alpha value is -2.81. The predicted molar refractivity (Wildman–Crippen MR) is 105 cm³/mol. The molecule has 3 aromatic rings. The van der Waals surface area contributed by atoms with E-state index in [0.717, 1.165) is 23.4 Å². The number of hydrogen-bond donors (Lipinski definition) is 0. The monoisotopic (exact) mass is 332 g/mol. The fourth-order valence-electron chi connectivity index (χ4n) is 3.15. The number of aromatic nitrogens is 1. The van der Waals surface area contributed by atoms with Gasteiger partial charge >= 0.3 is 0 Å². The molecule has 0 amide bonds. The first-order valence-corrected chi connectivity index (χ1v) is 8.59. The van der Waals surface area contributed by atoms with Gasteiger partial charge in [0.2, 0.25) is 0 Å². The molecule has 128 valence electrons. The van der Waals surface area contributed by atoms with E-state index in [1.165, 1.54) is 22.6 Å². The van der Waals surface area contributed by atoms with Gasteiger partial charge in [0.15, 0.2) is 0 Å². The number of para-hydroxylation sites is 1. The molecule has 1 aromatic heterocycles. The van der Waals surface area contributed by atoms with Gasteiger partial charge in [0.05, 0.1) is 12.8 Å². The summed E-state index contributed by atoms with van der Waals surface area (Å²) >= 11 is 0. The van der Waals surface area contributed by atoms with Crippen molar-refractivity contribution in [2.45, 2.75) is 27.2 Å². The van der Waals surface area contributed by atoms with Crippen molar-refractivity contribution in [1.29, 1.82) is 0 Å². The van der Waals surface area contributed by atoms with Crippen LogP contribution in [-0.2, 0) is 6.42 Å². The Bertz CT molecular complexity index is 906. The number of hydrogen-bond acceptors (Lipinski definition) is 2. The molecule has 0 radical (unpaired) electrons. The molecule has 0 aliphatic carbocycles. The SMILES string of the molecule is CCc1ccccc1-n1c(C)cc(C=Nc2cccc(OC)c2)c1C. The summed E-state index contributed by atoms with van der Waals surface area (Å²) in [6, 6.07) is 18.5. The van der Waals surface area contributed by atoms with Gasteiger partial charge in [-0.15, -0.1) is 0 Å². The number of rotatable bonds is 5. The molecular weight excluding hydrogens is 308 g/mol. The molecule has 3 nitrogen and oxygen atoms in total. The number of aliphatic imine (C=N–C) groups is 1. The fraction of sp³-hybridized carbons (Fsp3) is 0.227. The minimum Gasteiger partial charge on any atom is -0.497 e. The fourth-order valence-corrected chi connectivity index (χ4v) is 3.15. The summed E-state index contributed by atoms with van der Waals surface area (Å²) in [4.78, 5) is 4.62. The lowest BCUT2D eigenvalue weighted by atomic mass is 10.1. The highest BCUT2D eigenvalue weighted by atomic mass is 16.5. The molecule has 0 aliphatic heterocycles. The highest BCUT2D eigenvalue weighted by Gasteiger charge is 2.11. The molecule has 3 heteroatoms. The standard InChI is InChI=1S/C22H24N2O/c1-5-18-9-6-7-12-22(18)24-16(2)13-19(17(24)3)15-23-20-10-8-11-21(14-20)25-4/h6-15H,5H2,1-4H3. The van der Waals surface area contributed by atoms with Crippen molar-refractivity contribution in [2.75, 3.05) is 7.11 Å². The van der Waals surface area contributed by atoms with Gasteiger partial charge in [-0.3, -0.25) is 4.99 Å². The molecular formula is C22H24N2O. The summed E-state index contributed by atoms with van der Waals surface area (Å²) in [6.45, 7) is 6.48. The van der Waals surface area contributed by atoms with E-state index in [-0.39, 0.29) is 0 Å². The minimum atomic E-state index is 0.817. The maximum atomic E-state index is 5.26. The van der Waals surface area contributed by atoms with Crippen molar-refractivity contribution in [1.82, 2.24) is 4.57 Å². The molecule has 0 bridgehead atoms. The van der Waals surface area contributed by atoms with Crippen LogP contribution >= 0.6 is 0 Å². The largest absolute Gasteiger partial charge is 0.497 e. The first kappa shape index (κ1) is 17.0. The second-order valence-corrected chi connectivity index (χ2v) is 6.10. The zero-order chi connectivity index (χ0) is 17.8. The van der Waals surface area contributed by atoms with E-state index in [1.54, 1.807) is 7.11 Å². The maximum absolute atomic E-state index is 5.26. The number of aryl methyl sites for hydroxylation is 2. The van der Waals surface area contributed by atoms with Gasteiger partial charge in [0, 0.05) is 34.9 Å². The Morgan fingerprint density at radius 2 is 1.84 bits per heavy atom. The molecule has 0 N–H and O–H groups in total. The van der Waals surface area contributed by atoms with Gasteiger partial charge in [0.1, 0.15) is 5.75 Å². The van der Waals surface area contributed by atoms with E-state index in [1.807, 2.05) is 30.5 Å². The third kappa shape index (κ3) is 3.50. The van der Waals surface area contributed by atoms with E-state index in [0.29, 0.717) is 0 Å². The molecule has 0 unspecified atom stereocenters. The van der Waals surface area contributed by atoms with Crippen LogP contribution in [0.1, 0.15) is 29.4 Å². The second-order valence-electron chi connectivity index (χ2n) is 6.10. The van der Waals surface area contributed by atoms with Crippen molar-refractivity contribution < 1.29 is 4.74 Å². The lowest BCUT2D eigenvalue weighted by Gasteiger charge is -2.13. The maximum Gasteiger partial charge on any atom is 0.121 e. The Balaban J connectivity index is 1.98. The van der Waals surface area contributed by atoms with E-state index in [4.69, 9.17) is 4.74 Å². The van der Waals surface area contributed by atoms with Crippen LogP contribution in [0.2, 0.25) is 0 Å². The van der Waals surface area contributed by atoms with Gasteiger partial charge in [0.25, 0.3) is 0 Å². The lowest BCUT2D eigenvalue weighted by molar-refractivity contribution is 0.415. The molecule has 0 spiro atoms. The Labute approximate surface area is 149 Å². The van der Waals surface area contributed by atoms with E-state index in [9.17, 15) is 0 Å². The first-order valence-electron chi connectivity index (χ1n) is 8.59. The van der Waals surface area contributed by atoms with E-state index < -0.39 is 0 Å². The summed E-state index contributed by atoms with van der Waals surface area (Å²) in [7, 11) is 1.67. The number of nitrogens with zero attached hydrogens (tertiary/aromatic N) is 2. The molecule has 0 aliphatic rings. The molecule has 25 heavy (non-hydrogen) atoms. The molecule has 0 saturated carbocycles. The van der Waals surface area contributed by atoms with Crippen LogP contribution in [-0.4, -0.2) is 17.9 Å². The average molecular weight is 332 g/mol. The number of methoxy groups -OCH3 is 1. The predicted octanol–water partition coefficient (Wildman–Crippen LogP) is 5.42. The Kier molecular flexibility index (Phi) is 5.03. The van der Waals surface area contributed by atoms with Crippen LogP contribution in [0.3, 0.4) is 0 Å². The quantitative estimate of drug-likeness (QED) is 0.573. The Morgan fingerprint density at radius 3 is 2.60 bits per heavy atom. The Morgan fingerprint density at radius 1 is 1.04 bits per heavy atom. The highest BCUT2D eigenvalue weighted by molar-refractivity contribution is 5.84. The van der Waals surface area contributed by atoms with Crippen LogP contribution in [0.5, 0.6) is 5.75 Å². The minimum absolute atomic E-state index is 0.817. The van der Waals surface area contributed by atoms with Crippen LogP contribution in [0.4, 0.5) is 5.69 Å². The number of ether oxygens (including phenoxy) is 1. The summed E-state index contributed by atoms with van der Waals surface area (Å²) in [6.07, 6.45) is 2.95. The summed E-state index contributed by atoms with van der Waals surface area (Å²) < 4.78 is 7.57. The molecule has 3 rings (SSSR count). The van der Waals surface area contributed by atoms with Crippen LogP contribution in [0.15, 0.2) is 59.6 Å². The molecule has 0 fully saturated rings. The summed E-state index contributed by atoms with van der Waals surface area (Å²) in [5.41, 5.74) is 7.03. The zero-order valence-electron chi connectivity index (χ0n) is 15.3. The van der Waals surface area contributed by atoms with Crippen LogP contribution in [0.25, 0.3) is 5.69 Å². The normalized spacial score (nSPS) is 11.2. The second kappa shape index (κ2) is 7.39.